The second kappa shape index (κ2) is 8.91. The number of nitrogens with one attached hydrogen (secondary N) is 1. The molecule has 32 heavy (non-hydrogen) atoms. The third kappa shape index (κ3) is 3.75. The van der Waals surface area contributed by atoms with Crippen molar-refractivity contribution in [3.8, 4) is 5.69 Å². The van der Waals surface area contributed by atoms with Crippen LogP contribution in [0.2, 0.25) is 5.02 Å². The zero-order valence-corrected chi connectivity index (χ0v) is 19.1. The minimum absolute atomic E-state index is 0.00531. The zero-order chi connectivity index (χ0) is 23.0. The normalized spacial score (nSPS) is 11.1. The van der Waals surface area contributed by atoms with Crippen LogP contribution in [0, 0.1) is 0 Å². The second-order valence-corrected chi connectivity index (χ2v) is 8.75. The van der Waals surface area contributed by atoms with Crippen molar-refractivity contribution in [2.75, 3.05) is 11.9 Å². The van der Waals surface area contributed by atoms with E-state index >= 15 is 0 Å². The van der Waals surface area contributed by atoms with Crippen molar-refractivity contribution in [1.29, 1.82) is 0 Å². The van der Waals surface area contributed by atoms with Gasteiger partial charge in [-0.2, -0.15) is 0 Å². The molecule has 0 aliphatic heterocycles. The van der Waals surface area contributed by atoms with Gasteiger partial charge in [-0.15, -0.1) is 22.9 Å². The van der Waals surface area contributed by atoms with Crippen LogP contribution in [0.3, 0.4) is 0 Å². The van der Waals surface area contributed by atoms with Gasteiger partial charge in [-0.25, -0.2) is 9.36 Å². The molecule has 1 amide bonds. The van der Waals surface area contributed by atoms with Crippen molar-refractivity contribution in [3.05, 3.63) is 89.7 Å². The summed E-state index contributed by atoms with van der Waals surface area (Å²) in [5, 5.41) is 10.3. The van der Waals surface area contributed by atoms with Gasteiger partial charge in [0, 0.05) is 11.9 Å². The van der Waals surface area contributed by atoms with Crippen molar-refractivity contribution >= 4 is 57.0 Å². The van der Waals surface area contributed by atoms with E-state index in [1.165, 1.54) is 11.0 Å². The van der Waals surface area contributed by atoms with Gasteiger partial charge in [-0.05, 0) is 29.8 Å². The number of anilines is 1. The van der Waals surface area contributed by atoms with E-state index in [-0.39, 0.29) is 29.5 Å². The van der Waals surface area contributed by atoms with Gasteiger partial charge in [0.15, 0.2) is 0 Å². The fourth-order valence-corrected chi connectivity index (χ4v) is 5.02. The van der Waals surface area contributed by atoms with Gasteiger partial charge in [0.1, 0.15) is 0 Å². The summed E-state index contributed by atoms with van der Waals surface area (Å²) in [4.78, 5) is 44.0. The van der Waals surface area contributed by atoms with E-state index in [2.05, 4.69) is 4.98 Å². The number of H-pyrrole nitrogens is 1. The molecule has 0 fully saturated rings. The summed E-state index contributed by atoms with van der Waals surface area (Å²) in [6.07, 6.45) is 0. The van der Waals surface area contributed by atoms with Crippen LogP contribution in [0.4, 0.5) is 5.69 Å². The maximum atomic E-state index is 13.3. The van der Waals surface area contributed by atoms with Crippen LogP contribution in [-0.2, 0) is 12.5 Å². The molecule has 0 spiro atoms. The molecule has 4 rings (SSSR count). The summed E-state index contributed by atoms with van der Waals surface area (Å²) in [6, 6.07) is 13.2. The summed E-state index contributed by atoms with van der Waals surface area (Å²) < 4.78 is 0.946. The standard InChI is InChI=1S/C22H17Cl2N3O4S/c1-26(15-8-3-2-6-13(15)24)20(29)17-9-16(18(10-23)32-17)27-21(30)19-12(11-28)5-4-7-14(19)25-22(27)31/h2-9,28H,10-11H2,1H3,(H,25,31). The average Bonchev–Trinajstić information content (AvgIpc) is 3.21. The molecule has 7 nitrogen and oxygen atoms in total. The third-order valence-electron chi connectivity index (χ3n) is 5.06. The Bertz CT molecular complexity index is 1460. The van der Waals surface area contributed by atoms with Gasteiger partial charge in [0.25, 0.3) is 11.5 Å². The number of nitrogens with zero attached hydrogens (tertiary/aromatic N) is 2. The van der Waals surface area contributed by atoms with E-state index in [0.717, 1.165) is 15.9 Å². The molecule has 4 aromatic rings. The largest absolute Gasteiger partial charge is 0.392 e. The number of aromatic nitrogens is 2. The molecule has 0 aliphatic carbocycles. The van der Waals surface area contributed by atoms with Crippen LogP contribution in [0.25, 0.3) is 16.6 Å². The summed E-state index contributed by atoms with van der Waals surface area (Å²) in [7, 11) is 1.59. The number of hydrogen-bond donors (Lipinski definition) is 2. The minimum atomic E-state index is -0.666. The Labute approximate surface area is 196 Å². The fourth-order valence-electron chi connectivity index (χ4n) is 3.49. The molecule has 0 aliphatic rings. The number of thiophene rings is 1. The molecule has 10 heteroatoms. The molecule has 0 unspecified atom stereocenters. The molecule has 0 saturated carbocycles. The first-order valence-corrected chi connectivity index (χ1v) is 11.2. The molecule has 2 N–H and O–H groups in total. The number of aromatic amines is 1. The smallest absolute Gasteiger partial charge is 0.333 e. The predicted octanol–water partition coefficient (Wildman–Crippen LogP) is 3.90. The Kier molecular flexibility index (Phi) is 6.21. The van der Waals surface area contributed by atoms with Crippen LogP contribution < -0.4 is 16.1 Å². The molecular weight excluding hydrogens is 473 g/mol. The second-order valence-electron chi connectivity index (χ2n) is 6.94. The number of halogens is 2. The lowest BCUT2D eigenvalue weighted by molar-refractivity contribution is 0.0997. The molecule has 0 atom stereocenters. The Morgan fingerprint density at radius 3 is 2.62 bits per heavy atom. The molecule has 2 aromatic heterocycles. The highest BCUT2D eigenvalue weighted by atomic mass is 35.5. The van der Waals surface area contributed by atoms with Gasteiger partial charge in [-0.1, -0.05) is 35.9 Å². The van der Waals surface area contributed by atoms with Crippen LogP contribution in [0.5, 0.6) is 0 Å². The zero-order valence-electron chi connectivity index (χ0n) is 16.8. The van der Waals surface area contributed by atoms with E-state index < -0.39 is 11.2 Å². The summed E-state index contributed by atoms with van der Waals surface area (Å²) in [6.45, 7) is -0.364. The fraction of sp³-hybridized carbons (Fsp3) is 0.136. The van der Waals surface area contributed by atoms with Gasteiger partial charge in [0.05, 0.1) is 44.7 Å². The average molecular weight is 490 g/mol. The van der Waals surface area contributed by atoms with E-state index in [1.54, 1.807) is 49.5 Å². The molecule has 164 valence electrons. The molecular formula is C22H17Cl2N3O4S. The summed E-state index contributed by atoms with van der Waals surface area (Å²) in [5.41, 5.74) is 0.183. The first kappa shape index (κ1) is 22.3. The lowest BCUT2D eigenvalue weighted by Gasteiger charge is -2.17. The number of hydrogen-bond acceptors (Lipinski definition) is 5. The SMILES string of the molecule is CN(C(=O)c1cc(-n2c(=O)[nH]c3cccc(CO)c3c2=O)c(CCl)s1)c1ccccc1Cl. The Morgan fingerprint density at radius 2 is 1.94 bits per heavy atom. The van der Waals surface area contributed by atoms with Gasteiger partial charge >= 0.3 is 5.69 Å². The van der Waals surface area contributed by atoms with Crippen molar-refractivity contribution in [2.45, 2.75) is 12.5 Å². The number of rotatable bonds is 5. The van der Waals surface area contributed by atoms with Crippen molar-refractivity contribution in [3.63, 3.8) is 0 Å². The lowest BCUT2D eigenvalue weighted by Crippen LogP contribution is -2.34. The van der Waals surface area contributed by atoms with E-state index in [9.17, 15) is 19.5 Å². The maximum absolute atomic E-state index is 13.3. The van der Waals surface area contributed by atoms with Gasteiger partial charge in [0.2, 0.25) is 0 Å². The monoisotopic (exact) mass is 489 g/mol. The predicted molar refractivity (Wildman–Crippen MR) is 128 cm³/mol. The van der Waals surface area contributed by atoms with E-state index in [4.69, 9.17) is 23.2 Å². The maximum Gasteiger partial charge on any atom is 0.333 e. The molecule has 2 heterocycles. The number of amides is 1. The number of carbonyl (C=O) groups excluding carboxylic acids is 1. The van der Waals surface area contributed by atoms with Crippen molar-refractivity contribution in [1.82, 2.24) is 9.55 Å². The van der Waals surface area contributed by atoms with Crippen molar-refractivity contribution < 1.29 is 9.90 Å². The molecule has 0 saturated heterocycles. The highest BCUT2D eigenvalue weighted by Gasteiger charge is 2.23. The third-order valence-corrected chi connectivity index (χ3v) is 6.92. The number of para-hydroxylation sites is 1. The van der Waals surface area contributed by atoms with E-state index in [1.807, 2.05) is 0 Å². The number of carbonyl (C=O) groups is 1. The first-order valence-electron chi connectivity index (χ1n) is 9.46. The first-order chi connectivity index (χ1) is 15.4. The Morgan fingerprint density at radius 1 is 1.19 bits per heavy atom. The summed E-state index contributed by atoms with van der Waals surface area (Å²) >= 11 is 13.4. The van der Waals surface area contributed by atoms with Crippen LogP contribution >= 0.6 is 34.5 Å². The number of alkyl halides is 1. The van der Waals surface area contributed by atoms with Crippen LogP contribution in [-0.4, -0.2) is 27.6 Å². The minimum Gasteiger partial charge on any atom is -0.392 e. The molecule has 0 bridgehead atoms. The molecule has 0 radical (unpaired) electrons. The summed E-state index contributed by atoms with van der Waals surface area (Å²) in [5.74, 6) is -0.365. The number of aliphatic hydroxyl groups is 1. The Hall–Kier alpha value is -2.91. The van der Waals surface area contributed by atoms with Crippen LogP contribution in [0.15, 0.2) is 58.1 Å². The van der Waals surface area contributed by atoms with E-state index in [0.29, 0.717) is 31.5 Å². The Balaban J connectivity index is 1.87. The topological polar surface area (TPSA) is 95.4 Å². The quantitative estimate of drug-likeness (QED) is 0.415. The molecule has 2 aromatic carbocycles. The van der Waals surface area contributed by atoms with Gasteiger partial charge in [-0.3, -0.25) is 9.59 Å². The van der Waals surface area contributed by atoms with Crippen LogP contribution in [0.1, 0.15) is 20.1 Å². The van der Waals surface area contributed by atoms with Crippen molar-refractivity contribution in [2.24, 2.45) is 0 Å². The number of aliphatic hydroxyl groups excluding tert-OH is 1. The number of benzene rings is 2. The lowest BCUT2D eigenvalue weighted by atomic mass is 10.1. The highest BCUT2D eigenvalue weighted by molar-refractivity contribution is 7.14. The highest BCUT2D eigenvalue weighted by Crippen LogP contribution is 2.30. The number of fused-ring (bicyclic) bond motifs is 1. The van der Waals surface area contributed by atoms with Gasteiger partial charge < -0.3 is 15.0 Å².